The van der Waals surface area contributed by atoms with Crippen molar-refractivity contribution in [2.45, 2.75) is 44.1 Å². The number of H-pyrrole nitrogens is 1. The average Bonchev–Trinajstić information content (AvgIpc) is 3.25. The summed E-state index contributed by atoms with van der Waals surface area (Å²) >= 11 is 0. The van der Waals surface area contributed by atoms with E-state index in [9.17, 15) is 22.8 Å². The van der Waals surface area contributed by atoms with Gasteiger partial charge in [-0.2, -0.15) is 0 Å². The van der Waals surface area contributed by atoms with Gasteiger partial charge in [0, 0.05) is 36.3 Å². The summed E-state index contributed by atoms with van der Waals surface area (Å²) in [6.07, 6.45) is 2.66. The van der Waals surface area contributed by atoms with Gasteiger partial charge in [-0.25, -0.2) is 13.2 Å². The molecule has 1 amide bonds. The third-order valence-electron chi connectivity index (χ3n) is 6.51. The summed E-state index contributed by atoms with van der Waals surface area (Å²) in [5, 5.41) is 3.40. The molecule has 0 radical (unpaired) electrons. The molecule has 2 saturated carbocycles. The Balaban J connectivity index is 1.44. The molecule has 31 heavy (non-hydrogen) atoms. The molecule has 1 heterocycles. The predicted octanol–water partition coefficient (Wildman–Crippen LogP) is 4.98. The lowest BCUT2D eigenvalue weighted by atomic mass is 9.69. The minimum atomic E-state index is -0.691. The molecule has 0 bridgehead atoms. The lowest BCUT2D eigenvalue weighted by molar-refractivity contribution is -0.128. The van der Waals surface area contributed by atoms with Gasteiger partial charge in [0.15, 0.2) is 0 Å². The van der Waals surface area contributed by atoms with E-state index in [0.29, 0.717) is 48.7 Å². The number of benzene rings is 2. The first-order valence-electron chi connectivity index (χ1n) is 10.5. The van der Waals surface area contributed by atoms with Crippen LogP contribution in [0.4, 0.5) is 13.2 Å². The van der Waals surface area contributed by atoms with Crippen LogP contribution in [0.25, 0.3) is 22.2 Å². The maximum Gasteiger partial charge on any atom is 0.223 e. The second-order valence-corrected chi connectivity index (χ2v) is 8.58. The molecule has 0 aliphatic heterocycles. The van der Waals surface area contributed by atoms with Crippen LogP contribution in [0.3, 0.4) is 0 Å². The Bertz CT molecular complexity index is 1180. The first-order chi connectivity index (χ1) is 14.9. The summed E-state index contributed by atoms with van der Waals surface area (Å²) in [5.41, 5.74) is 2.24. The highest BCUT2D eigenvalue weighted by Crippen LogP contribution is 2.48. The van der Waals surface area contributed by atoms with Crippen LogP contribution in [0.1, 0.15) is 43.6 Å². The number of halogens is 3. The summed E-state index contributed by atoms with van der Waals surface area (Å²) < 4.78 is 41.8. The average molecular weight is 426 g/mol. The van der Waals surface area contributed by atoms with Gasteiger partial charge in [-0.15, -0.1) is 0 Å². The Kier molecular flexibility index (Phi) is 4.84. The third kappa shape index (κ3) is 3.62. The zero-order valence-electron chi connectivity index (χ0n) is 16.7. The Labute approximate surface area is 176 Å². The number of aromatic nitrogens is 1. The number of hydrogen-bond acceptors (Lipinski definition) is 2. The smallest absolute Gasteiger partial charge is 0.223 e. The van der Waals surface area contributed by atoms with Crippen LogP contribution in [-0.2, 0) is 9.59 Å². The van der Waals surface area contributed by atoms with Crippen LogP contribution < -0.4 is 5.32 Å². The number of fused-ring (bicyclic) bond motifs is 1. The Hall–Kier alpha value is -3.09. The van der Waals surface area contributed by atoms with Crippen molar-refractivity contribution in [1.29, 1.82) is 0 Å². The molecule has 2 fully saturated rings. The van der Waals surface area contributed by atoms with Crippen LogP contribution in [0.15, 0.2) is 36.4 Å². The second kappa shape index (κ2) is 7.55. The van der Waals surface area contributed by atoms with Crippen molar-refractivity contribution in [1.82, 2.24) is 10.3 Å². The van der Waals surface area contributed by atoms with E-state index < -0.39 is 11.6 Å². The van der Waals surface area contributed by atoms with E-state index in [1.54, 1.807) is 12.1 Å². The van der Waals surface area contributed by atoms with Gasteiger partial charge in [0.1, 0.15) is 23.2 Å². The molecule has 2 N–H and O–H groups in total. The van der Waals surface area contributed by atoms with Gasteiger partial charge in [0.25, 0.3) is 0 Å². The zero-order valence-corrected chi connectivity index (χ0v) is 16.7. The molecule has 2 aromatic carbocycles. The Morgan fingerprint density at radius 3 is 2.45 bits per heavy atom. The van der Waals surface area contributed by atoms with Crippen LogP contribution in [0, 0.1) is 23.4 Å². The van der Waals surface area contributed by atoms with E-state index >= 15 is 0 Å². The van der Waals surface area contributed by atoms with Crippen molar-refractivity contribution in [2.24, 2.45) is 5.92 Å². The van der Waals surface area contributed by atoms with Gasteiger partial charge in [-0.3, -0.25) is 9.59 Å². The van der Waals surface area contributed by atoms with Crippen LogP contribution in [0.2, 0.25) is 0 Å². The molecule has 5 rings (SSSR count). The van der Waals surface area contributed by atoms with Crippen molar-refractivity contribution in [3.05, 3.63) is 59.4 Å². The highest BCUT2D eigenvalue weighted by molar-refractivity contribution is 5.93. The number of carbonyl (C=O) groups excluding carboxylic acids is 2. The molecule has 1 atom stereocenters. The second-order valence-electron chi connectivity index (χ2n) is 8.58. The largest absolute Gasteiger partial charge is 0.353 e. The minimum absolute atomic E-state index is 0.0593. The van der Waals surface area contributed by atoms with Gasteiger partial charge < -0.3 is 10.3 Å². The Morgan fingerprint density at radius 1 is 1.03 bits per heavy atom. The molecule has 2 aliphatic carbocycles. The van der Waals surface area contributed by atoms with Crippen molar-refractivity contribution in [3.8, 4) is 11.3 Å². The van der Waals surface area contributed by atoms with Gasteiger partial charge in [0.05, 0.1) is 11.2 Å². The van der Waals surface area contributed by atoms with E-state index in [1.807, 2.05) is 0 Å². The van der Waals surface area contributed by atoms with Gasteiger partial charge in [0.2, 0.25) is 5.91 Å². The number of hydrogen-bond donors (Lipinski definition) is 2. The van der Waals surface area contributed by atoms with Crippen molar-refractivity contribution in [3.63, 3.8) is 0 Å². The molecule has 0 spiro atoms. The number of carbonyl (C=O) groups is 2. The monoisotopic (exact) mass is 426 g/mol. The van der Waals surface area contributed by atoms with Gasteiger partial charge in [-0.1, -0.05) is 0 Å². The summed E-state index contributed by atoms with van der Waals surface area (Å²) in [6.45, 7) is 0. The quantitative estimate of drug-likeness (QED) is 0.618. The van der Waals surface area contributed by atoms with E-state index in [0.717, 1.165) is 11.6 Å². The van der Waals surface area contributed by atoms with Crippen LogP contribution >= 0.6 is 0 Å². The fourth-order valence-corrected chi connectivity index (χ4v) is 4.83. The van der Waals surface area contributed by atoms with Crippen molar-refractivity contribution < 1.29 is 22.8 Å². The maximum atomic E-state index is 14.4. The number of rotatable bonds is 4. The van der Waals surface area contributed by atoms with Crippen molar-refractivity contribution in [2.75, 3.05) is 0 Å². The first-order valence-corrected chi connectivity index (χ1v) is 10.5. The normalized spacial score (nSPS) is 23.2. The molecule has 2 aliphatic rings. The zero-order chi connectivity index (χ0) is 21.7. The third-order valence-corrected chi connectivity index (χ3v) is 6.51. The number of amides is 1. The number of ketones is 1. The van der Waals surface area contributed by atoms with Crippen LogP contribution in [0.5, 0.6) is 0 Å². The molecule has 0 unspecified atom stereocenters. The maximum absolute atomic E-state index is 14.4. The fourth-order valence-electron chi connectivity index (χ4n) is 4.83. The number of aromatic amines is 1. The minimum Gasteiger partial charge on any atom is -0.353 e. The van der Waals surface area contributed by atoms with E-state index in [-0.39, 0.29) is 40.9 Å². The van der Waals surface area contributed by atoms with E-state index in [4.69, 9.17) is 0 Å². The first kappa shape index (κ1) is 19.8. The molecule has 3 aromatic rings. The van der Waals surface area contributed by atoms with E-state index in [1.165, 1.54) is 18.2 Å². The molecular formula is C24H21F3N2O2. The summed E-state index contributed by atoms with van der Waals surface area (Å²) in [6, 6.07) is 7.87. The fraction of sp³-hybridized carbons (Fsp3) is 0.333. The standard InChI is InChI=1S/C24H21F3N2O2/c25-15-3-1-12(2-4-15)22-21(19-9-16(26)10-20(27)23(19)29-22)13-7-14(8-13)24(31)28-17-5-6-18(30)11-17/h1-4,9-10,13-14,17,29H,5-8,11H2,(H,28,31)/t13-,14-,17-/m0/s1. The predicted molar refractivity (Wildman–Crippen MR) is 110 cm³/mol. The van der Waals surface area contributed by atoms with Crippen LogP contribution in [-0.4, -0.2) is 22.7 Å². The molecule has 1 aromatic heterocycles. The summed E-state index contributed by atoms with van der Waals surface area (Å²) in [7, 11) is 0. The molecular weight excluding hydrogens is 405 g/mol. The SMILES string of the molecule is O=C1CC[C@H](NC(=O)[C@H]2C[C@H](c3c(-c4ccc(F)cc4)[nH]c4c(F)cc(F)cc43)C2)C1. The lowest BCUT2D eigenvalue weighted by Crippen LogP contribution is -2.42. The topological polar surface area (TPSA) is 62.0 Å². The molecule has 7 heteroatoms. The van der Waals surface area contributed by atoms with Gasteiger partial charge >= 0.3 is 0 Å². The molecule has 160 valence electrons. The number of nitrogens with one attached hydrogen (secondary N) is 2. The van der Waals surface area contributed by atoms with Gasteiger partial charge in [-0.05, 0) is 66.6 Å². The molecule has 0 saturated heterocycles. The van der Waals surface area contributed by atoms with E-state index in [2.05, 4.69) is 10.3 Å². The molecule has 4 nitrogen and oxygen atoms in total. The highest BCUT2D eigenvalue weighted by Gasteiger charge is 2.39. The lowest BCUT2D eigenvalue weighted by Gasteiger charge is -2.35. The number of Topliss-reactive ketones (excluding diaryl/α,β-unsaturated/α-hetero) is 1. The van der Waals surface area contributed by atoms with Crippen molar-refractivity contribution >= 4 is 22.6 Å². The summed E-state index contributed by atoms with van der Waals surface area (Å²) in [4.78, 5) is 27.1. The summed E-state index contributed by atoms with van der Waals surface area (Å²) in [5.74, 6) is -1.91. The Morgan fingerprint density at radius 2 is 1.77 bits per heavy atom. The highest BCUT2D eigenvalue weighted by atomic mass is 19.1.